The highest BCUT2D eigenvalue weighted by Crippen LogP contribution is 2.27. The molecular weight excluding hydrogens is 324 g/mol. The molecule has 0 radical (unpaired) electrons. The Hall–Kier alpha value is -2.86. The van der Waals surface area contributed by atoms with Gasteiger partial charge in [0.15, 0.2) is 0 Å². The van der Waals surface area contributed by atoms with E-state index in [1.165, 1.54) is 0 Å². The summed E-state index contributed by atoms with van der Waals surface area (Å²) in [5, 5.41) is 12.4. The fraction of sp³-hybridized carbons (Fsp3) is 0.118. The summed E-state index contributed by atoms with van der Waals surface area (Å²) in [6.07, 6.45) is 3.39. The van der Waals surface area contributed by atoms with Crippen LogP contribution in [0.2, 0.25) is 0 Å². The third-order valence-corrected chi connectivity index (χ3v) is 3.84. The van der Waals surface area contributed by atoms with Crippen molar-refractivity contribution in [3.8, 4) is 0 Å². The van der Waals surface area contributed by atoms with E-state index in [0.29, 0.717) is 0 Å². The molecule has 6 nitrogen and oxygen atoms in total. The number of fused-ring (bicyclic) bond motifs is 2. The predicted molar refractivity (Wildman–Crippen MR) is 100 cm³/mol. The number of aromatic amines is 1. The molecule has 4 rings (SSSR count). The van der Waals surface area contributed by atoms with Gasteiger partial charge in [-0.05, 0) is 36.4 Å². The Morgan fingerprint density at radius 1 is 1.04 bits per heavy atom. The van der Waals surface area contributed by atoms with Gasteiger partial charge in [0, 0.05) is 36.2 Å². The highest BCUT2D eigenvalue weighted by molar-refractivity contribution is 5.93. The Morgan fingerprint density at radius 2 is 1.92 bits per heavy atom. The van der Waals surface area contributed by atoms with Crippen molar-refractivity contribution < 1.29 is 0 Å². The Labute approximate surface area is 145 Å². The van der Waals surface area contributed by atoms with Gasteiger partial charge in [0.25, 0.3) is 0 Å². The number of anilines is 3. The van der Waals surface area contributed by atoms with Gasteiger partial charge in [0.2, 0.25) is 0 Å². The quantitative estimate of drug-likeness (QED) is 0.594. The molecule has 2 N–H and O–H groups in total. The number of hydrogen-bond acceptors (Lipinski definition) is 5. The van der Waals surface area contributed by atoms with Crippen molar-refractivity contribution >= 4 is 51.4 Å². The van der Waals surface area contributed by atoms with E-state index in [2.05, 4.69) is 42.5 Å². The first-order chi connectivity index (χ1) is 11.2. The van der Waals surface area contributed by atoms with E-state index >= 15 is 0 Å². The maximum absolute atomic E-state index is 4.41. The number of benzene rings is 2. The van der Waals surface area contributed by atoms with Crippen LogP contribution in [0.5, 0.6) is 0 Å². The molecule has 0 aliphatic heterocycles. The molecular formula is C17H17ClN6. The van der Waals surface area contributed by atoms with Crippen LogP contribution in [0.15, 0.2) is 48.9 Å². The lowest BCUT2D eigenvalue weighted by Crippen LogP contribution is -2.08. The summed E-state index contributed by atoms with van der Waals surface area (Å²) in [6.45, 7) is 0. The molecule has 2 aromatic heterocycles. The minimum absolute atomic E-state index is 0. The van der Waals surface area contributed by atoms with Gasteiger partial charge in [-0.15, -0.1) is 12.4 Å². The fourth-order valence-electron chi connectivity index (χ4n) is 2.58. The van der Waals surface area contributed by atoms with E-state index < -0.39 is 0 Å². The molecule has 0 bridgehead atoms. The van der Waals surface area contributed by atoms with Gasteiger partial charge in [-0.2, -0.15) is 5.10 Å². The van der Waals surface area contributed by atoms with Gasteiger partial charge in [0.1, 0.15) is 12.1 Å². The number of rotatable bonds is 3. The van der Waals surface area contributed by atoms with Gasteiger partial charge >= 0.3 is 0 Å². The minimum Gasteiger partial charge on any atom is -0.378 e. The topological polar surface area (TPSA) is 69.7 Å². The van der Waals surface area contributed by atoms with Crippen LogP contribution in [-0.2, 0) is 0 Å². The van der Waals surface area contributed by atoms with Crippen molar-refractivity contribution in [3.05, 3.63) is 48.9 Å². The van der Waals surface area contributed by atoms with E-state index in [-0.39, 0.29) is 12.4 Å². The number of halogens is 1. The Morgan fingerprint density at radius 3 is 2.75 bits per heavy atom. The van der Waals surface area contributed by atoms with Crippen LogP contribution in [0.3, 0.4) is 0 Å². The molecule has 0 saturated carbocycles. The Balaban J connectivity index is 0.00000169. The van der Waals surface area contributed by atoms with Crippen LogP contribution in [0.25, 0.3) is 21.8 Å². The molecule has 0 unspecified atom stereocenters. The summed E-state index contributed by atoms with van der Waals surface area (Å²) in [6, 6.07) is 12.2. The monoisotopic (exact) mass is 340 g/mol. The molecule has 0 spiro atoms. The summed E-state index contributed by atoms with van der Waals surface area (Å²) in [5.74, 6) is 0.793. The minimum atomic E-state index is 0. The first-order valence-corrected chi connectivity index (χ1v) is 7.33. The van der Waals surface area contributed by atoms with E-state index in [1.807, 2.05) is 44.6 Å². The average molecular weight is 341 g/mol. The molecule has 2 aromatic carbocycles. The summed E-state index contributed by atoms with van der Waals surface area (Å²) in [4.78, 5) is 10.8. The van der Waals surface area contributed by atoms with Gasteiger partial charge in [0.05, 0.1) is 17.2 Å². The van der Waals surface area contributed by atoms with Crippen molar-refractivity contribution in [2.75, 3.05) is 24.3 Å². The maximum Gasteiger partial charge on any atom is 0.141 e. The lowest BCUT2D eigenvalue weighted by molar-refractivity contribution is 1.12. The molecule has 7 heteroatoms. The standard InChI is InChI=1S/C17H16N6.ClH/c1-23(2)13-4-6-16-14(8-13)17(19-10-18-16)21-12-3-5-15-11(7-12)9-20-22-15;/h3-10H,1-2H3,(H,20,22)(H,18,19,21);1H. The second-order valence-corrected chi connectivity index (χ2v) is 5.62. The Kier molecular flexibility index (Phi) is 4.22. The number of nitrogens with zero attached hydrogens (tertiary/aromatic N) is 4. The molecule has 0 aliphatic rings. The summed E-state index contributed by atoms with van der Waals surface area (Å²) in [7, 11) is 4.04. The molecule has 4 aromatic rings. The molecule has 0 fully saturated rings. The zero-order valence-electron chi connectivity index (χ0n) is 13.3. The number of hydrogen-bond donors (Lipinski definition) is 2. The van der Waals surface area contributed by atoms with Crippen molar-refractivity contribution in [3.63, 3.8) is 0 Å². The van der Waals surface area contributed by atoms with Crippen LogP contribution >= 0.6 is 12.4 Å². The first kappa shape index (κ1) is 16.0. The summed E-state index contributed by atoms with van der Waals surface area (Å²) in [5.41, 5.74) is 4.00. The Bertz CT molecular complexity index is 995. The van der Waals surface area contributed by atoms with Crippen molar-refractivity contribution in [2.45, 2.75) is 0 Å². The second-order valence-electron chi connectivity index (χ2n) is 5.62. The fourth-order valence-corrected chi connectivity index (χ4v) is 2.58. The van der Waals surface area contributed by atoms with Crippen LogP contribution in [-0.4, -0.2) is 34.3 Å². The maximum atomic E-state index is 4.41. The molecule has 24 heavy (non-hydrogen) atoms. The highest BCUT2D eigenvalue weighted by Gasteiger charge is 2.07. The summed E-state index contributed by atoms with van der Waals surface area (Å²) >= 11 is 0. The highest BCUT2D eigenvalue weighted by atomic mass is 35.5. The van der Waals surface area contributed by atoms with Crippen molar-refractivity contribution in [1.82, 2.24) is 20.2 Å². The van der Waals surface area contributed by atoms with Gasteiger partial charge < -0.3 is 10.2 Å². The lowest BCUT2D eigenvalue weighted by atomic mass is 10.2. The molecule has 122 valence electrons. The number of H-pyrrole nitrogens is 1. The van der Waals surface area contributed by atoms with E-state index in [9.17, 15) is 0 Å². The molecule has 2 heterocycles. The second kappa shape index (κ2) is 6.33. The lowest BCUT2D eigenvalue weighted by Gasteiger charge is -2.14. The zero-order chi connectivity index (χ0) is 15.8. The zero-order valence-corrected chi connectivity index (χ0v) is 14.1. The van der Waals surface area contributed by atoms with Gasteiger partial charge in [-0.3, -0.25) is 5.10 Å². The molecule has 0 aliphatic carbocycles. The normalized spacial score (nSPS) is 10.6. The molecule has 0 amide bonds. The third kappa shape index (κ3) is 2.83. The van der Waals surface area contributed by atoms with Crippen LogP contribution in [0.4, 0.5) is 17.2 Å². The van der Waals surface area contributed by atoms with Crippen LogP contribution < -0.4 is 10.2 Å². The molecule has 0 atom stereocenters. The van der Waals surface area contributed by atoms with Crippen LogP contribution in [0, 0.1) is 0 Å². The average Bonchev–Trinajstić information content (AvgIpc) is 3.02. The predicted octanol–water partition coefficient (Wildman–Crippen LogP) is 3.74. The van der Waals surface area contributed by atoms with Gasteiger partial charge in [-0.25, -0.2) is 9.97 Å². The van der Waals surface area contributed by atoms with Crippen molar-refractivity contribution in [1.29, 1.82) is 0 Å². The summed E-state index contributed by atoms with van der Waals surface area (Å²) < 4.78 is 0. The number of aromatic nitrogens is 4. The van der Waals surface area contributed by atoms with E-state index in [0.717, 1.165) is 39.0 Å². The largest absolute Gasteiger partial charge is 0.378 e. The molecule has 0 saturated heterocycles. The van der Waals surface area contributed by atoms with E-state index in [4.69, 9.17) is 0 Å². The smallest absolute Gasteiger partial charge is 0.141 e. The SMILES string of the molecule is CN(C)c1ccc2ncnc(Nc3ccc4[nH]ncc4c3)c2c1.Cl. The van der Waals surface area contributed by atoms with Crippen molar-refractivity contribution in [2.24, 2.45) is 0 Å². The van der Waals surface area contributed by atoms with Crippen LogP contribution in [0.1, 0.15) is 0 Å². The van der Waals surface area contributed by atoms with Gasteiger partial charge in [-0.1, -0.05) is 0 Å². The first-order valence-electron chi connectivity index (χ1n) is 7.33. The number of nitrogens with one attached hydrogen (secondary N) is 2. The third-order valence-electron chi connectivity index (χ3n) is 3.84. The van der Waals surface area contributed by atoms with E-state index in [1.54, 1.807) is 6.33 Å².